The summed E-state index contributed by atoms with van der Waals surface area (Å²) in [5.74, 6) is 0.458. The van der Waals surface area contributed by atoms with E-state index in [4.69, 9.17) is 9.47 Å². The van der Waals surface area contributed by atoms with E-state index >= 15 is 0 Å². The predicted octanol–water partition coefficient (Wildman–Crippen LogP) is 0.692. The zero-order chi connectivity index (χ0) is 13.7. The number of amides is 1. The summed E-state index contributed by atoms with van der Waals surface area (Å²) in [4.78, 5) is 18.1. The minimum absolute atomic E-state index is 0.261. The molecule has 1 aromatic carbocycles. The molecular formula is C13H15N2O3Se. The third-order valence-electron chi connectivity index (χ3n) is 2.82. The van der Waals surface area contributed by atoms with Gasteiger partial charge in [-0.2, -0.15) is 0 Å². The summed E-state index contributed by atoms with van der Waals surface area (Å²) in [5.41, 5.74) is 0.543. The summed E-state index contributed by atoms with van der Waals surface area (Å²) < 4.78 is 10.9. The molecule has 0 saturated carbocycles. The Morgan fingerprint density at radius 2 is 1.95 bits per heavy atom. The molecule has 0 aromatic heterocycles. The molecule has 19 heavy (non-hydrogen) atoms. The van der Waals surface area contributed by atoms with E-state index in [2.05, 4.69) is 21.0 Å². The van der Waals surface area contributed by atoms with E-state index in [-0.39, 0.29) is 5.91 Å². The molecule has 0 spiro atoms. The van der Waals surface area contributed by atoms with E-state index in [9.17, 15) is 4.79 Å². The van der Waals surface area contributed by atoms with Crippen LogP contribution in [0.2, 0.25) is 0 Å². The van der Waals surface area contributed by atoms with Gasteiger partial charge in [0.2, 0.25) is 0 Å². The van der Waals surface area contributed by atoms with Crippen LogP contribution in [0.1, 0.15) is 10.4 Å². The first kappa shape index (κ1) is 14.1. The van der Waals surface area contributed by atoms with E-state index in [1.807, 2.05) is 4.90 Å². The minimum atomic E-state index is -0.261. The molecule has 0 atom stereocenters. The second-order valence-electron chi connectivity index (χ2n) is 4.03. The van der Waals surface area contributed by atoms with Crippen molar-refractivity contribution in [1.29, 1.82) is 0 Å². The van der Waals surface area contributed by atoms with Gasteiger partial charge in [0.15, 0.2) is 0 Å². The van der Waals surface area contributed by atoms with E-state index in [1.54, 1.807) is 31.4 Å². The molecular weight excluding hydrogens is 311 g/mol. The Kier molecular flexibility index (Phi) is 4.96. The van der Waals surface area contributed by atoms with Crippen LogP contribution < -0.4 is 4.74 Å². The number of benzene rings is 1. The fourth-order valence-electron chi connectivity index (χ4n) is 1.71. The predicted molar refractivity (Wildman–Crippen MR) is 72.9 cm³/mol. The molecule has 1 saturated heterocycles. The van der Waals surface area contributed by atoms with E-state index in [0.29, 0.717) is 23.5 Å². The molecule has 1 fully saturated rings. The Labute approximate surface area is 120 Å². The van der Waals surface area contributed by atoms with Crippen LogP contribution in [0.5, 0.6) is 5.75 Å². The summed E-state index contributed by atoms with van der Waals surface area (Å²) in [6.07, 6.45) is 0. The van der Waals surface area contributed by atoms with Crippen LogP contribution in [0.4, 0.5) is 0 Å². The molecule has 1 heterocycles. The van der Waals surface area contributed by atoms with Gasteiger partial charge in [0.05, 0.1) is 0 Å². The van der Waals surface area contributed by atoms with Crippen LogP contribution in [0.25, 0.3) is 0 Å². The molecule has 0 unspecified atom stereocenters. The third-order valence-corrected chi connectivity index (χ3v) is 3.55. The summed E-state index contributed by atoms with van der Waals surface area (Å²) in [7, 11) is 1.59. The third kappa shape index (κ3) is 3.80. The molecule has 1 amide bonds. The number of carbonyl (C=O) groups excluding carboxylic acids is 1. The Morgan fingerprint density at radius 1 is 1.32 bits per heavy atom. The number of morpholine rings is 1. The monoisotopic (exact) mass is 327 g/mol. The van der Waals surface area contributed by atoms with Gasteiger partial charge in [-0.25, -0.2) is 0 Å². The first-order valence-corrected chi connectivity index (χ1v) is 6.83. The number of methoxy groups -OCH3 is 1. The first-order valence-electron chi connectivity index (χ1n) is 5.97. The zero-order valence-electron chi connectivity index (χ0n) is 10.7. The van der Waals surface area contributed by atoms with Crippen molar-refractivity contribution in [2.24, 2.45) is 4.99 Å². The Hall–Kier alpha value is -1.36. The van der Waals surface area contributed by atoms with Crippen molar-refractivity contribution in [2.45, 2.75) is 0 Å². The van der Waals surface area contributed by atoms with Crippen LogP contribution in [-0.4, -0.2) is 65.0 Å². The average molecular weight is 326 g/mol. The number of ether oxygens (including phenoxy) is 2. The number of aliphatic imine (C=N–C) groups is 1. The standard InChI is InChI=1S/C13H15N2O3Se/c1-17-11-4-2-10(3-5-11)12(16)14-13(19)15-6-8-18-9-7-15/h2-5H,6-9H2,1H3. The fourth-order valence-corrected chi connectivity index (χ4v) is 2.27. The summed E-state index contributed by atoms with van der Waals surface area (Å²) in [6, 6.07) is 6.90. The molecule has 1 aliphatic rings. The molecule has 5 nitrogen and oxygen atoms in total. The summed E-state index contributed by atoms with van der Waals surface area (Å²) in [6.45, 7) is 2.83. The number of carbonyl (C=O) groups is 1. The average Bonchev–Trinajstić information content (AvgIpc) is 2.48. The topological polar surface area (TPSA) is 51.1 Å². The zero-order valence-corrected chi connectivity index (χ0v) is 12.4. The van der Waals surface area contributed by atoms with Crippen molar-refractivity contribution >= 4 is 26.7 Å². The molecule has 0 bridgehead atoms. The van der Waals surface area contributed by atoms with Crippen molar-refractivity contribution in [3.63, 3.8) is 0 Å². The van der Waals surface area contributed by atoms with Crippen molar-refractivity contribution in [1.82, 2.24) is 4.90 Å². The van der Waals surface area contributed by atoms with E-state index in [0.717, 1.165) is 18.8 Å². The van der Waals surface area contributed by atoms with Gasteiger partial charge in [0.25, 0.3) is 0 Å². The molecule has 101 valence electrons. The number of hydrogen-bond donors (Lipinski definition) is 0. The molecule has 0 N–H and O–H groups in total. The fraction of sp³-hybridized carbons (Fsp3) is 0.385. The Morgan fingerprint density at radius 3 is 2.53 bits per heavy atom. The van der Waals surface area contributed by atoms with Gasteiger partial charge in [0, 0.05) is 0 Å². The van der Waals surface area contributed by atoms with Gasteiger partial charge >= 0.3 is 120 Å². The van der Waals surface area contributed by atoms with Gasteiger partial charge in [-0.05, 0) is 0 Å². The van der Waals surface area contributed by atoms with Crippen molar-refractivity contribution in [3.05, 3.63) is 29.8 Å². The molecule has 2 rings (SSSR count). The Bertz CT molecular complexity index is 467. The number of hydrogen-bond acceptors (Lipinski definition) is 3. The molecule has 1 aliphatic heterocycles. The summed E-state index contributed by atoms with van der Waals surface area (Å²) in [5, 5.41) is 0. The van der Waals surface area contributed by atoms with Crippen LogP contribution in [-0.2, 0) is 4.74 Å². The second-order valence-corrected chi connectivity index (χ2v) is 4.79. The van der Waals surface area contributed by atoms with Crippen LogP contribution in [0, 0.1) is 0 Å². The number of rotatable bonds is 2. The van der Waals surface area contributed by atoms with Crippen molar-refractivity contribution in [3.8, 4) is 5.75 Å². The van der Waals surface area contributed by atoms with Crippen LogP contribution in [0.3, 0.4) is 0 Å². The maximum atomic E-state index is 12.0. The van der Waals surface area contributed by atoms with Crippen molar-refractivity contribution < 1.29 is 14.3 Å². The Balaban J connectivity index is 2.05. The van der Waals surface area contributed by atoms with Gasteiger partial charge in [-0.15, -0.1) is 0 Å². The SMILES string of the molecule is COc1ccc(C(=O)N=C([Se])N2CCOCC2)cc1. The van der Waals surface area contributed by atoms with Gasteiger partial charge in [-0.3, -0.25) is 0 Å². The molecule has 1 aromatic rings. The quantitative estimate of drug-likeness (QED) is 0.456. The number of nitrogens with zero attached hydrogens (tertiary/aromatic N) is 2. The molecule has 6 heteroatoms. The normalized spacial score (nSPS) is 16.3. The van der Waals surface area contributed by atoms with E-state index in [1.165, 1.54) is 0 Å². The van der Waals surface area contributed by atoms with Gasteiger partial charge in [-0.1, -0.05) is 0 Å². The molecule has 0 aliphatic carbocycles. The van der Waals surface area contributed by atoms with Gasteiger partial charge in [0.1, 0.15) is 0 Å². The second kappa shape index (κ2) is 6.70. The maximum absolute atomic E-state index is 12.0. The van der Waals surface area contributed by atoms with Crippen LogP contribution in [0.15, 0.2) is 29.3 Å². The van der Waals surface area contributed by atoms with Crippen LogP contribution >= 0.6 is 0 Å². The first-order chi connectivity index (χ1) is 9.20. The van der Waals surface area contributed by atoms with E-state index < -0.39 is 0 Å². The van der Waals surface area contributed by atoms with Crippen molar-refractivity contribution in [2.75, 3.05) is 33.4 Å². The summed E-state index contributed by atoms with van der Waals surface area (Å²) >= 11 is 2.84. The van der Waals surface area contributed by atoms with Gasteiger partial charge < -0.3 is 0 Å². The molecule has 1 radical (unpaired) electrons. The number of amidine groups is 1.